The average Bonchev–Trinajstić information content (AvgIpc) is 3.16. The number of carbonyl (C=O) groups excluding carboxylic acids is 1. The van der Waals surface area contributed by atoms with Crippen LogP contribution < -0.4 is 5.32 Å². The Balaban J connectivity index is 1.72. The second kappa shape index (κ2) is 6.48. The van der Waals surface area contributed by atoms with Crippen molar-refractivity contribution >= 4 is 5.91 Å². The van der Waals surface area contributed by atoms with Gasteiger partial charge in [-0.15, -0.1) is 0 Å². The van der Waals surface area contributed by atoms with Crippen LogP contribution in [0.3, 0.4) is 0 Å². The Hall–Kier alpha value is -2.89. The number of imidazole rings is 1. The Morgan fingerprint density at radius 2 is 2.04 bits per heavy atom. The molecule has 6 nitrogen and oxygen atoms in total. The van der Waals surface area contributed by atoms with Crippen LogP contribution in [0.4, 0.5) is 0 Å². The minimum Gasteiger partial charge on any atom is -0.361 e. The molecule has 0 spiro atoms. The first-order valence-electron chi connectivity index (χ1n) is 7.38. The fourth-order valence-electron chi connectivity index (χ4n) is 2.53. The lowest BCUT2D eigenvalue weighted by Gasteiger charge is -2.11. The molecule has 0 saturated heterocycles. The van der Waals surface area contributed by atoms with E-state index in [1.165, 1.54) is 0 Å². The molecule has 1 aromatic carbocycles. The number of carbonyl (C=O) groups is 1. The molecule has 3 rings (SSSR count). The number of hydrogen-bond donors (Lipinski definition) is 1. The number of nitrogens with zero attached hydrogens (tertiary/aromatic N) is 3. The minimum absolute atomic E-state index is 0.168. The summed E-state index contributed by atoms with van der Waals surface area (Å²) in [5.74, 6) is 0.366. The van der Waals surface area contributed by atoms with Crippen LogP contribution in [0, 0.1) is 13.8 Å². The highest BCUT2D eigenvalue weighted by molar-refractivity contribution is 5.96. The minimum atomic E-state index is -0.168. The highest BCUT2D eigenvalue weighted by atomic mass is 16.5. The van der Waals surface area contributed by atoms with Crippen molar-refractivity contribution in [2.45, 2.75) is 26.9 Å². The van der Waals surface area contributed by atoms with Crippen molar-refractivity contribution in [1.29, 1.82) is 0 Å². The van der Waals surface area contributed by atoms with Gasteiger partial charge in [0.1, 0.15) is 11.3 Å². The van der Waals surface area contributed by atoms with Crippen LogP contribution in [0.1, 0.15) is 32.9 Å². The predicted molar refractivity (Wildman–Crippen MR) is 84.9 cm³/mol. The molecule has 23 heavy (non-hydrogen) atoms. The van der Waals surface area contributed by atoms with Gasteiger partial charge in [-0.2, -0.15) is 0 Å². The van der Waals surface area contributed by atoms with E-state index < -0.39 is 0 Å². The number of rotatable bonds is 5. The van der Waals surface area contributed by atoms with Crippen molar-refractivity contribution in [1.82, 2.24) is 20.0 Å². The van der Waals surface area contributed by atoms with Gasteiger partial charge in [-0.05, 0) is 25.0 Å². The van der Waals surface area contributed by atoms with Crippen molar-refractivity contribution in [2.24, 2.45) is 0 Å². The SMILES string of the molecule is Cc1noc(C)c1C(=O)NCc1ccccc1Cn1ccnc1. The zero-order valence-corrected chi connectivity index (χ0v) is 13.1. The van der Waals surface area contributed by atoms with Gasteiger partial charge in [-0.25, -0.2) is 4.98 Å². The van der Waals surface area contributed by atoms with E-state index in [4.69, 9.17) is 4.52 Å². The summed E-state index contributed by atoms with van der Waals surface area (Å²) in [6, 6.07) is 8.03. The van der Waals surface area contributed by atoms with Crippen molar-refractivity contribution in [2.75, 3.05) is 0 Å². The summed E-state index contributed by atoms with van der Waals surface area (Å²) < 4.78 is 7.04. The van der Waals surface area contributed by atoms with Crippen LogP contribution in [0.25, 0.3) is 0 Å². The maximum atomic E-state index is 12.3. The standard InChI is InChI=1S/C17H18N4O2/c1-12-16(13(2)23-20-12)17(22)19-9-14-5-3-4-6-15(14)10-21-8-7-18-11-21/h3-8,11H,9-10H2,1-2H3,(H,19,22). The average molecular weight is 310 g/mol. The lowest BCUT2D eigenvalue weighted by atomic mass is 10.1. The monoisotopic (exact) mass is 310 g/mol. The Bertz CT molecular complexity index is 786. The third kappa shape index (κ3) is 3.31. The van der Waals surface area contributed by atoms with Gasteiger partial charge in [0.25, 0.3) is 5.91 Å². The van der Waals surface area contributed by atoms with Crippen LogP contribution in [0.15, 0.2) is 47.5 Å². The van der Waals surface area contributed by atoms with Crippen LogP contribution in [0.2, 0.25) is 0 Å². The van der Waals surface area contributed by atoms with Crippen LogP contribution in [-0.4, -0.2) is 20.6 Å². The molecule has 1 amide bonds. The van der Waals surface area contributed by atoms with Crippen molar-refractivity contribution in [3.63, 3.8) is 0 Å². The van der Waals surface area contributed by atoms with E-state index in [1.54, 1.807) is 26.4 Å². The van der Waals surface area contributed by atoms with Crippen LogP contribution in [-0.2, 0) is 13.1 Å². The summed E-state index contributed by atoms with van der Waals surface area (Å²) in [5.41, 5.74) is 3.33. The number of hydrogen-bond acceptors (Lipinski definition) is 4. The molecule has 0 aliphatic rings. The maximum absolute atomic E-state index is 12.3. The third-order valence-electron chi connectivity index (χ3n) is 3.73. The third-order valence-corrected chi connectivity index (χ3v) is 3.73. The van der Waals surface area contributed by atoms with E-state index in [-0.39, 0.29) is 5.91 Å². The van der Waals surface area contributed by atoms with Crippen molar-refractivity contribution in [3.8, 4) is 0 Å². The second-order valence-corrected chi connectivity index (χ2v) is 5.39. The molecule has 0 unspecified atom stereocenters. The number of aryl methyl sites for hydroxylation is 2. The molecule has 3 aromatic rings. The van der Waals surface area contributed by atoms with Crippen LogP contribution >= 0.6 is 0 Å². The zero-order chi connectivity index (χ0) is 16.2. The molecule has 0 bridgehead atoms. The fraction of sp³-hybridized carbons (Fsp3) is 0.235. The maximum Gasteiger partial charge on any atom is 0.257 e. The number of amides is 1. The van der Waals surface area contributed by atoms with E-state index in [0.717, 1.165) is 17.7 Å². The fourth-order valence-corrected chi connectivity index (χ4v) is 2.53. The first-order chi connectivity index (χ1) is 11.1. The molecule has 0 saturated carbocycles. The van der Waals surface area contributed by atoms with Crippen LogP contribution in [0.5, 0.6) is 0 Å². The van der Waals surface area contributed by atoms with Crippen molar-refractivity contribution < 1.29 is 9.32 Å². The largest absolute Gasteiger partial charge is 0.361 e. The molecule has 0 fully saturated rings. The van der Waals surface area contributed by atoms with Gasteiger partial charge < -0.3 is 14.4 Å². The molecule has 0 atom stereocenters. The summed E-state index contributed by atoms with van der Waals surface area (Å²) in [6.45, 7) is 4.67. The van der Waals surface area contributed by atoms with Gasteiger partial charge in [-0.3, -0.25) is 4.79 Å². The van der Waals surface area contributed by atoms with E-state index in [9.17, 15) is 4.79 Å². The van der Waals surface area contributed by atoms with E-state index in [0.29, 0.717) is 23.6 Å². The highest BCUT2D eigenvalue weighted by Gasteiger charge is 2.17. The predicted octanol–water partition coefficient (Wildman–Crippen LogP) is 2.47. The smallest absolute Gasteiger partial charge is 0.257 e. The summed E-state index contributed by atoms with van der Waals surface area (Å²) in [5, 5.41) is 6.75. The summed E-state index contributed by atoms with van der Waals surface area (Å²) in [7, 11) is 0. The Labute approximate surface area is 134 Å². The number of nitrogens with one attached hydrogen (secondary N) is 1. The molecule has 0 aliphatic carbocycles. The summed E-state index contributed by atoms with van der Waals surface area (Å²) in [6.07, 6.45) is 5.44. The van der Waals surface area contributed by atoms with E-state index >= 15 is 0 Å². The lowest BCUT2D eigenvalue weighted by molar-refractivity contribution is 0.0949. The Morgan fingerprint density at radius 1 is 1.26 bits per heavy atom. The van der Waals surface area contributed by atoms with Gasteiger partial charge in [0, 0.05) is 25.5 Å². The molecule has 2 heterocycles. The molecule has 118 valence electrons. The molecule has 2 aromatic heterocycles. The highest BCUT2D eigenvalue weighted by Crippen LogP contribution is 2.14. The zero-order valence-electron chi connectivity index (χ0n) is 13.1. The first-order valence-corrected chi connectivity index (χ1v) is 7.38. The molecule has 0 aliphatic heterocycles. The van der Waals surface area contributed by atoms with Gasteiger partial charge in [0.05, 0.1) is 12.0 Å². The topological polar surface area (TPSA) is 73.0 Å². The van der Waals surface area contributed by atoms with Gasteiger partial charge in [-0.1, -0.05) is 29.4 Å². The van der Waals surface area contributed by atoms with E-state index in [1.807, 2.05) is 29.0 Å². The number of benzene rings is 1. The quantitative estimate of drug-likeness (QED) is 0.785. The Kier molecular flexibility index (Phi) is 4.23. The van der Waals surface area contributed by atoms with Gasteiger partial charge in [0.15, 0.2) is 0 Å². The van der Waals surface area contributed by atoms with Gasteiger partial charge >= 0.3 is 0 Å². The molecule has 6 heteroatoms. The summed E-state index contributed by atoms with van der Waals surface area (Å²) >= 11 is 0. The van der Waals surface area contributed by atoms with Gasteiger partial charge in [0.2, 0.25) is 0 Å². The number of aromatic nitrogens is 3. The Morgan fingerprint density at radius 3 is 2.70 bits per heavy atom. The van der Waals surface area contributed by atoms with Crippen molar-refractivity contribution in [3.05, 3.63) is 71.1 Å². The van der Waals surface area contributed by atoms with E-state index in [2.05, 4.69) is 21.5 Å². The first kappa shape index (κ1) is 15.0. The lowest BCUT2D eigenvalue weighted by Crippen LogP contribution is -2.24. The molecular weight excluding hydrogens is 292 g/mol. The normalized spacial score (nSPS) is 10.7. The summed E-state index contributed by atoms with van der Waals surface area (Å²) in [4.78, 5) is 16.4. The molecule has 0 radical (unpaired) electrons. The molecule has 1 N–H and O–H groups in total. The second-order valence-electron chi connectivity index (χ2n) is 5.39. The molecular formula is C17H18N4O2.